The highest BCUT2D eigenvalue weighted by molar-refractivity contribution is 5.77. The molecule has 1 aromatic carbocycles. The molecule has 0 spiro atoms. The van der Waals surface area contributed by atoms with Crippen LogP contribution in [-0.2, 0) is 4.79 Å². The summed E-state index contributed by atoms with van der Waals surface area (Å²) in [7, 11) is 1.66. The second kappa shape index (κ2) is 6.75. The Hall–Kier alpha value is -1.55. The van der Waals surface area contributed by atoms with Crippen LogP contribution in [-0.4, -0.2) is 30.5 Å². The standard InChI is InChI=1S/C16H24N2O2/c1-3-13(17)11-16(19)18-10-4-5-15(18)12-6-8-14(20-2)9-7-12/h6-9,13,15H,3-5,10-11,17H2,1-2H3. The third kappa shape index (κ3) is 3.31. The van der Waals surface area contributed by atoms with E-state index in [2.05, 4.69) is 12.1 Å². The van der Waals surface area contributed by atoms with Crippen LogP contribution in [0.5, 0.6) is 5.75 Å². The molecule has 1 aliphatic heterocycles. The van der Waals surface area contributed by atoms with Gasteiger partial charge in [0.2, 0.25) is 5.91 Å². The summed E-state index contributed by atoms with van der Waals surface area (Å²) in [6, 6.07) is 8.17. The van der Waals surface area contributed by atoms with Crippen molar-refractivity contribution in [1.29, 1.82) is 0 Å². The first-order chi connectivity index (χ1) is 9.65. The molecule has 1 fully saturated rings. The van der Waals surface area contributed by atoms with Gasteiger partial charge in [-0.05, 0) is 37.0 Å². The largest absolute Gasteiger partial charge is 0.497 e. The van der Waals surface area contributed by atoms with Gasteiger partial charge in [-0.15, -0.1) is 0 Å². The fourth-order valence-electron chi connectivity index (χ4n) is 2.72. The minimum atomic E-state index is -0.0281. The number of hydrogen-bond acceptors (Lipinski definition) is 3. The molecule has 1 aromatic rings. The van der Waals surface area contributed by atoms with E-state index in [1.54, 1.807) is 7.11 Å². The Morgan fingerprint density at radius 1 is 1.45 bits per heavy atom. The van der Waals surface area contributed by atoms with E-state index >= 15 is 0 Å². The molecule has 4 nitrogen and oxygen atoms in total. The molecule has 1 heterocycles. The van der Waals surface area contributed by atoms with Gasteiger partial charge in [-0.2, -0.15) is 0 Å². The number of methoxy groups -OCH3 is 1. The molecule has 0 aliphatic carbocycles. The lowest BCUT2D eigenvalue weighted by molar-refractivity contribution is -0.132. The Labute approximate surface area is 120 Å². The zero-order chi connectivity index (χ0) is 14.5. The number of carbonyl (C=O) groups is 1. The average Bonchev–Trinajstić information content (AvgIpc) is 2.96. The third-order valence-electron chi connectivity index (χ3n) is 4.03. The van der Waals surface area contributed by atoms with Crippen molar-refractivity contribution >= 4 is 5.91 Å². The van der Waals surface area contributed by atoms with Crippen LogP contribution < -0.4 is 10.5 Å². The molecule has 1 saturated heterocycles. The van der Waals surface area contributed by atoms with E-state index in [1.165, 1.54) is 5.56 Å². The molecule has 110 valence electrons. The zero-order valence-electron chi connectivity index (χ0n) is 12.3. The van der Waals surface area contributed by atoms with Gasteiger partial charge in [0.15, 0.2) is 0 Å². The predicted octanol–water partition coefficient (Wildman–Crippen LogP) is 2.49. The van der Waals surface area contributed by atoms with Gasteiger partial charge >= 0.3 is 0 Å². The van der Waals surface area contributed by atoms with Gasteiger partial charge in [0.05, 0.1) is 13.2 Å². The molecule has 1 amide bonds. The minimum Gasteiger partial charge on any atom is -0.497 e. The van der Waals surface area contributed by atoms with Crippen molar-refractivity contribution in [1.82, 2.24) is 4.90 Å². The van der Waals surface area contributed by atoms with Crippen molar-refractivity contribution in [2.75, 3.05) is 13.7 Å². The number of nitrogens with zero attached hydrogens (tertiary/aromatic N) is 1. The lowest BCUT2D eigenvalue weighted by Gasteiger charge is -2.26. The van der Waals surface area contributed by atoms with E-state index in [0.29, 0.717) is 6.42 Å². The lowest BCUT2D eigenvalue weighted by atomic mass is 10.0. The summed E-state index contributed by atoms with van der Waals surface area (Å²) >= 11 is 0. The van der Waals surface area contributed by atoms with E-state index in [1.807, 2.05) is 24.0 Å². The average molecular weight is 276 g/mol. The summed E-state index contributed by atoms with van der Waals surface area (Å²) in [5.41, 5.74) is 7.08. The third-order valence-corrected chi connectivity index (χ3v) is 4.03. The van der Waals surface area contributed by atoms with Crippen LogP contribution in [0.1, 0.15) is 44.2 Å². The fraction of sp³-hybridized carbons (Fsp3) is 0.562. The molecule has 2 unspecified atom stereocenters. The van der Waals surface area contributed by atoms with Gasteiger partial charge in [0.1, 0.15) is 5.75 Å². The lowest BCUT2D eigenvalue weighted by Crippen LogP contribution is -2.35. The van der Waals surface area contributed by atoms with Crippen molar-refractivity contribution in [3.05, 3.63) is 29.8 Å². The minimum absolute atomic E-state index is 0.0281. The van der Waals surface area contributed by atoms with E-state index in [4.69, 9.17) is 10.5 Å². The summed E-state index contributed by atoms with van der Waals surface area (Å²) in [5, 5.41) is 0. The first-order valence-corrected chi connectivity index (χ1v) is 7.34. The van der Waals surface area contributed by atoms with Crippen molar-refractivity contribution in [3.8, 4) is 5.75 Å². The van der Waals surface area contributed by atoms with E-state index in [-0.39, 0.29) is 18.0 Å². The van der Waals surface area contributed by atoms with Crippen LogP contribution in [0.3, 0.4) is 0 Å². The quantitative estimate of drug-likeness (QED) is 0.899. The molecule has 0 radical (unpaired) electrons. The summed E-state index contributed by atoms with van der Waals surface area (Å²) in [4.78, 5) is 14.3. The van der Waals surface area contributed by atoms with Gasteiger partial charge in [0.25, 0.3) is 0 Å². The second-order valence-corrected chi connectivity index (χ2v) is 5.39. The Bertz CT molecular complexity index is 444. The molecule has 1 aliphatic rings. The van der Waals surface area contributed by atoms with Gasteiger partial charge in [-0.3, -0.25) is 4.79 Å². The molecule has 20 heavy (non-hydrogen) atoms. The van der Waals surface area contributed by atoms with Crippen molar-refractivity contribution in [3.63, 3.8) is 0 Å². The molecule has 2 atom stereocenters. The maximum Gasteiger partial charge on any atom is 0.224 e. The number of ether oxygens (including phenoxy) is 1. The van der Waals surface area contributed by atoms with Crippen molar-refractivity contribution in [2.45, 2.75) is 44.7 Å². The number of likely N-dealkylation sites (tertiary alicyclic amines) is 1. The first kappa shape index (κ1) is 14.9. The number of rotatable bonds is 5. The summed E-state index contributed by atoms with van der Waals surface area (Å²) < 4.78 is 5.18. The fourth-order valence-corrected chi connectivity index (χ4v) is 2.72. The Balaban J connectivity index is 2.07. The highest BCUT2D eigenvalue weighted by Gasteiger charge is 2.30. The van der Waals surface area contributed by atoms with Gasteiger partial charge in [-0.1, -0.05) is 19.1 Å². The summed E-state index contributed by atoms with van der Waals surface area (Å²) in [6.45, 7) is 2.86. The second-order valence-electron chi connectivity index (χ2n) is 5.39. The van der Waals surface area contributed by atoms with Crippen LogP contribution >= 0.6 is 0 Å². The highest BCUT2D eigenvalue weighted by atomic mass is 16.5. The molecule has 2 N–H and O–H groups in total. The van der Waals surface area contributed by atoms with E-state index in [9.17, 15) is 4.79 Å². The van der Waals surface area contributed by atoms with Crippen LogP contribution in [0.4, 0.5) is 0 Å². The number of amides is 1. The molecule has 0 bridgehead atoms. The first-order valence-electron chi connectivity index (χ1n) is 7.34. The maximum absolute atomic E-state index is 12.3. The Morgan fingerprint density at radius 2 is 2.15 bits per heavy atom. The molecule has 4 heteroatoms. The van der Waals surface area contributed by atoms with Gasteiger partial charge < -0.3 is 15.4 Å². The smallest absolute Gasteiger partial charge is 0.224 e. The van der Waals surface area contributed by atoms with Gasteiger partial charge in [0, 0.05) is 19.0 Å². The van der Waals surface area contributed by atoms with E-state index in [0.717, 1.165) is 31.6 Å². The summed E-state index contributed by atoms with van der Waals surface area (Å²) in [5.74, 6) is 1.02. The van der Waals surface area contributed by atoms with Crippen LogP contribution in [0.2, 0.25) is 0 Å². The zero-order valence-corrected chi connectivity index (χ0v) is 12.3. The topological polar surface area (TPSA) is 55.6 Å². The highest BCUT2D eigenvalue weighted by Crippen LogP contribution is 2.33. The van der Waals surface area contributed by atoms with E-state index < -0.39 is 0 Å². The number of benzene rings is 1. The number of carbonyl (C=O) groups excluding carboxylic acids is 1. The Kier molecular flexibility index (Phi) is 5.01. The number of hydrogen-bond donors (Lipinski definition) is 1. The van der Waals surface area contributed by atoms with Crippen molar-refractivity contribution < 1.29 is 9.53 Å². The van der Waals surface area contributed by atoms with Crippen LogP contribution in [0.15, 0.2) is 24.3 Å². The van der Waals surface area contributed by atoms with Crippen LogP contribution in [0.25, 0.3) is 0 Å². The van der Waals surface area contributed by atoms with Gasteiger partial charge in [-0.25, -0.2) is 0 Å². The number of nitrogens with two attached hydrogens (primary N) is 1. The van der Waals surface area contributed by atoms with Crippen LogP contribution in [0, 0.1) is 0 Å². The Morgan fingerprint density at radius 3 is 2.75 bits per heavy atom. The SMILES string of the molecule is CCC(N)CC(=O)N1CCCC1c1ccc(OC)cc1. The maximum atomic E-state index is 12.3. The predicted molar refractivity (Wildman–Crippen MR) is 79.6 cm³/mol. The molecule has 0 aromatic heterocycles. The monoisotopic (exact) mass is 276 g/mol. The normalized spacial score (nSPS) is 19.9. The van der Waals surface area contributed by atoms with Crippen molar-refractivity contribution in [2.24, 2.45) is 5.73 Å². The summed E-state index contributed by atoms with van der Waals surface area (Å²) in [6.07, 6.45) is 3.37. The molecular formula is C16H24N2O2. The molecule has 0 saturated carbocycles. The molecule has 2 rings (SSSR count). The molecular weight excluding hydrogens is 252 g/mol.